The molecule has 0 bridgehead atoms. The summed E-state index contributed by atoms with van der Waals surface area (Å²) in [5.41, 5.74) is 1.76. The van der Waals surface area contributed by atoms with Crippen molar-refractivity contribution in [2.75, 3.05) is 11.7 Å². The van der Waals surface area contributed by atoms with Crippen molar-refractivity contribution in [2.24, 2.45) is 0 Å². The van der Waals surface area contributed by atoms with Gasteiger partial charge in [-0.05, 0) is 35.9 Å². The van der Waals surface area contributed by atoms with Gasteiger partial charge in [0.15, 0.2) is 15.8 Å². The van der Waals surface area contributed by atoms with Gasteiger partial charge in [-0.1, -0.05) is 60.4 Å². The topological polar surface area (TPSA) is 38.8 Å². The van der Waals surface area contributed by atoms with E-state index >= 15 is 0 Å². The monoisotopic (exact) mass is 367 g/mol. The Hall–Kier alpha value is -2.57. The van der Waals surface area contributed by atoms with E-state index in [1.807, 2.05) is 60.7 Å². The highest BCUT2D eigenvalue weighted by Crippen LogP contribution is 2.35. The van der Waals surface area contributed by atoms with Gasteiger partial charge in [0.25, 0.3) is 5.91 Å². The molecule has 25 heavy (non-hydrogen) atoms. The summed E-state index contributed by atoms with van der Waals surface area (Å²) in [6, 6.07) is 15.1. The molecule has 2 aliphatic rings. The van der Waals surface area contributed by atoms with E-state index in [4.69, 9.17) is 21.7 Å². The van der Waals surface area contributed by atoms with E-state index in [-0.39, 0.29) is 12.7 Å². The third-order valence-electron chi connectivity index (χ3n) is 3.74. The predicted molar refractivity (Wildman–Crippen MR) is 104 cm³/mol. The van der Waals surface area contributed by atoms with Crippen LogP contribution in [-0.2, 0) is 4.79 Å². The zero-order chi connectivity index (χ0) is 17.2. The summed E-state index contributed by atoms with van der Waals surface area (Å²) in [7, 11) is 0. The van der Waals surface area contributed by atoms with Gasteiger partial charge >= 0.3 is 0 Å². The Morgan fingerprint density at radius 3 is 2.72 bits per heavy atom. The van der Waals surface area contributed by atoms with E-state index in [9.17, 15) is 4.79 Å². The van der Waals surface area contributed by atoms with Crippen LogP contribution < -0.4 is 14.4 Å². The van der Waals surface area contributed by atoms with Crippen LogP contribution in [0.2, 0.25) is 0 Å². The number of para-hydroxylation sites is 1. The Kier molecular flexibility index (Phi) is 4.29. The van der Waals surface area contributed by atoms with Gasteiger partial charge in [-0.2, -0.15) is 0 Å². The van der Waals surface area contributed by atoms with Gasteiger partial charge in [0, 0.05) is 0 Å². The SMILES string of the molecule is O=C1/C(=C\C=C\c2ccc3c(c2)OCO3)SC(=S)N1c1ccccc1. The third-order valence-corrected chi connectivity index (χ3v) is 5.06. The molecule has 2 aromatic rings. The van der Waals surface area contributed by atoms with Crippen molar-refractivity contribution >= 4 is 46.0 Å². The Bertz CT molecular complexity index is 906. The second kappa shape index (κ2) is 6.74. The highest BCUT2D eigenvalue weighted by molar-refractivity contribution is 8.27. The van der Waals surface area contributed by atoms with Crippen LogP contribution in [0.3, 0.4) is 0 Å². The summed E-state index contributed by atoms with van der Waals surface area (Å²) in [4.78, 5) is 14.7. The van der Waals surface area contributed by atoms with Crippen LogP contribution in [0.4, 0.5) is 5.69 Å². The van der Waals surface area contributed by atoms with E-state index in [1.54, 1.807) is 11.0 Å². The van der Waals surface area contributed by atoms with Gasteiger partial charge in [0.05, 0.1) is 10.6 Å². The van der Waals surface area contributed by atoms with E-state index in [0.717, 1.165) is 22.7 Å². The number of carbonyl (C=O) groups is 1. The minimum Gasteiger partial charge on any atom is -0.454 e. The molecule has 0 unspecified atom stereocenters. The summed E-state index contributed by atoms with van der Waals surface area (Å²) in [6.45, 7) is 0.254. The van der Waals surface area contributed by atoms with Crippen LogP contribution in [0.25, 0.3) is 6.08 Å². The lowest BCUT2D eigenvalue weighted by atomic mass is 10.2. The fraction of sp³-hybridized carbons (Fsp3) is 0.0526. The molecule has 1 amide bonds. The number of nitrogens with zero attached hydrogens (tertiary/aromatic N) is 1. The first-order chi connectivity index (χ1) is 12.2. The van der Waals surface area contributed by atoms with Crippen molar-refractivity contribution in [1.29, 1.82) is 0 Å². The first-order valence-corrected chi connectivity index (χ1v) is 8.84. The Balaban J connectivity index is 1.52. The zero-order valence-corrected chi connectivity index (χ0v) is 14.7. The molecular weight excluding hydrogens is 354 g/mol. The molecule has 124 valence electrons. The molecule has 1 saturated heterocycles. The van der Waals surface area contributed by atoms with E-state index in [1.165, 1.54) is 11.8 Å². The number of rotatable bonds is 3. The number of amides is 1. The quantitative estimate of drug-likeness (QED) is 0.595. The van der Waals surface area contributed by atoms with Crippen molar-refractivity contribution in [3.05, 3.63) is 71.2 Å². The number of benzene rings is 2. The predicted octanol–water partition coefficient (Wildman–Crippen LogP) is 4.38. The molecule has 2 heterocycles. The van der Waals surface area contributed by atoms with Crippen molar-refractivity contribution in [3.63, 3.8) is 0 Å². The fourth-order valence-electron chi connectivity index (χ4n) is 2.54. The van der Waals surface area contributed by atoms with Gasteiger partial charge in [-0.3, -0.25) is 9.69 Å². The number of allylic oxidation sites excluding steroid dienone is 2. The van der Waals surface area contributed by atoms with Crippen LogP contribution >= 0.6 is 24.0 Å². The van der Waals surface area contributed by atoms with Crippen LogP contribution in [0.5, 0.6) is 11.5 Å². The van der Waals surface area contributed by atoms with Crippen molar-refractivity contribution < 1.29 is 14.3 Å². The number of hydrogen-bond donors (Lipinski definition) is 0. The largest absolute Gasteiger partial charge is 0.454 e. The fourth-order valence-corrected chi connectivity index (χ4v) is 3.80. The molecule has 6 heteroatoms. The molecule has 4 rings (SSSR count). The Labute approximate surface area is 154 Å². The van der Waals surface area contributed by atoms with Crippen LogP contribution in [-0.4, -0.2) is 17.0 Å². The van der Waals surface area contributed by atoms with Gasteiger partial charge in [-0.15, -0.1) is 0 Å². The Morgan fingerprint density at radius 2 is 1.88 bits per heavy atom. The molecule has 0 aliphatic carbocycles. The second-order valence-electron chi connectivity index (χ2n) is 5.35. The van der Waals surface area contributed by atoms with Crippen molar-refractivity contribution in [3.8, 4) is 11.5 Å². The van der Waals surface area contributed by atoms with E-state index < -0.39 is 0 Å². The first-order valence-electron chi connectivity index (χ1n) is 7.62. The van der Waals surface area contributed by atoms with E-state index in [2.05, 4.69) is 0 Å². The minimum atomic E-state index is -0.100. The Morgan fingerprint density at radius 1 is 1.08 bits per heavy atom. The number of thiocarbonyl (C=S) groups is 1. The van der Waals surface area contributed by atoms with Gasteiger partial charge in [0.1, 0.15) is 0 Å². The average Bonchev–Trinajstić information content (AvgIpc) is 3.20. The summed E-state index contributed by atoms with van der Waals surface area (Å²) >= 11 is 6.65. The lowest BCUT2D eigenvalue weighted by Gasteiger charge is -2.13. The molecule has 1 fully saturated rings. The molecule has 0 spiro atoms. The van der Waals surface area contributed by atoms with Crippen LogP contribution in [0, 0.1) is 0 Å². The summed E-state index contributed by atoms with van der Waals surface area (Å²) in [5.74, 6) is 1.38. The average molecular weight is 367 g/mol. The molecule has 0 atom stereocenters. The van der Waals surface area contributed by atoms with E-state index in [0.29, 0.717) is 9.23 Å². The number of hydrogen-bond acceptors (Lipinski definition) is 5. The number of anilines is 1. The molecule has 2 aromatic carbocycles. The zero-order valence-electron chi connectivity index (χ0n) is 13.0. The maximum Gasteiger partial charge on any atom is 0.270 e. The third kappa shape index (κ3) is 3.18. The molecule has 0 N–H and O–H groups in total. The lowest BCUT2D eigenvalue weighted by molar-refractivity contribution is -0.113. The molecule has 0 aromatic heterocycles. The molecule has 0 saturated carbocycles. The smallest absolute Gasteiger partial charge is 0.270 e. The summed E-state index contributed by atoms with van der Waals surface area (Å²) < 4.78 is 11.2. The highest BCUT2D eigenvalue weighted by atomic mass is 32.2. The number of thioether (sulfide) groups is 1. The first kappa shape index (κ1) is 15.9. The van der Waals surface area contributed by atoms with Crippen molar-refractivity contribution in [1.82, 2.24) is 0 Å². The van der Waals surface area contributed by atoms with Gasteiger partial charge in [0.2, 0.25) is 6.79 Å². The molecule has 0 radical (unpaired) electrons. The number of ether oxygens (including phenoxy) is 2. The van der Waals surface area contributed by atoms with Crippen LogP contribution in [0.15, 0.2) is 65.6 Å². The normalized spacial score (nSPS) is 17.9. The second-order valence-corrected chi connectivity index (χ2v) is 7.02. The molecule has 4 nitrogen and oxygen atoms in total. The molecular formula is C19H13NO3S2. The maximum absolute atomic E-state index is 12.6. The van der Waals surface area contributed by atoms with Crippen LogP contribution in [0.1, 0.15) is 5.56 Å². The number of fused-ring (bicyclic) bond motifs is 1. The summed E-state index contributed by atoms with van der Waals surface area (Å²) in [6.07, 6.45) is 5.54. The number of carbonyl (C=O) groups excluding carboxylic acids is 1. The van der Waals surface area contributed by atoms with Gasteiger partial charge < -0.3 is 9.47 Å². The van der Waals surface area contributed by atoms with Gasteiger partial charge in [-0.25, -0.2) is 0 Å². The molecule has 2 aliphatic heterocycles. The van der Waals surface area contributed by atoms with Crippen molar-refractivity contribution in [2.45, 2.75) is 0 Å². The standard InChI is InChI=1S/C19H13NO3S2/c21-18-17(25-19(24)20(18)14-6-2-1-3-7-14)8-4-5-13-9-10-15-16(11-13)23-12-22-15/h1-11H,12H2/b5-4+,17-8+. The highest BCUT2D eigenvalue weighted by Gasteiger charge is 2.32. The minimum absolute atomic E-state index is 0.100. The lowest BCUT2D eigenvalue weighted by Crippen LogP contribution is -2.27. The maximum atomic E-state index is 12.6. The summed E-state index contributed by atoms with van der Waals surface area (Å²) in [5, 5.41) is 0.